The standard InChI is InChI=1S/C15H17N3O3/c1-9(19)16-6-7-18-13-5-4-11(15(20)21)8-12(13)17-14(18)10-2-3-10/h4-5,8,10H,2-3,6-7H2,1H3,(H,16,19)(H,20,21). The summed E-state index contributed by atoms with van der Waals surface area (Å²) in [5.74, 6) is 0.458. The van der Waals surface area contributed by atoms with Crippen molar-refractivity contribution < 1.29 is 14.7 Å². The minimum Gasteiger partial charge on any atom is -0.478 e. The highest BCUT2D eigenvalue weighted by Crippen LogP contribution is 2.40. The van der Waals surface area contributed by atoms with Gasteiger partial charge in [-0.25, -0.2) is 9.78 Å². The quantitative estimate of drug-likeness (QED) is 0.877. The number of amides is 1. The lowest BCUT2D eigenvalue weighted by Crippen LogP contribution is -2.25. The zero-order chi connectivity index (χ0) is 15.0. The van der Waals surface area contributed by atoms with E-state index in [0.29, 0.717) is 24.5 Å². The minimum absolute atomic E-state index is 0.0550. The fourth-order valence-electron chi connectivity index (χ4n) is 2.51. The van der Waals surface area contributed by atoms with Gasteiger partial charge in [0.15, 0.2) is 0 Å². The van der Waals surface area contributed by atoms with Crippen LogP contribution in [0, 0.1) is 0 Å². The van der Waals surface area contributed by atoms with Crippen LogP contribution in [0.3, 0.4) is 0 Å². The summed E-state index contributed by atoms with van der Waals surface area (Å²) in [6, 6.07) is 5.00. The molecule has 6 nitrogen and oxygen atoms in total. The average molecular weight is 287 g/mol. The van der Waals surface area contributed by atoms with E-state index in [1.165, 1.54) is 6.92 Å². The topological polar surface area (TPSA) is 84.2 Å². The number of carbonyl (C=O) groups is 2. The maximum atomic E-state index is 11.0. The van der Waals surface area contributed by atoms with E-state index in [-0.39, 0.29) is 11.5 Å². The number of hydrogen-bond acceptors (Lipinski definition) is 3. The molecule has 0 saturated heterocycles. The highest BCUT2D eigenvalue weighted by atomic mass is 16.4. The SMILES string of the molecule is CC(=O)NCCn1c(C2CC2)nc2cc(C(=O)O)ccc21. The molecule has 2 aromatic rings. The van der Waals surface area contributed by atoms with Crippen LogP contribution in [-0.4, -0.2) is 33.1 Å². The molecule has 0 aliphatic heterocycles. The van der Waals surface area contributed by atoms with Gasteiger partial charge in [-0.1, -0.05) is 0 Å². The third kappa shape index (κ3) is 2.74. The van der Waals surface area contributed by atoms with Crippen LogP contribution in [0.2, 0.25) is 0 Å². The van der Waals surface area contributed by atoms with E-state index in [1.807, 2.05) is 0 Å². The molecule has 0 radical (unpaired) electrons. The highest BCUT2D eigenvalue weighted by Gasteiger charge is 2.29. The first-order chi connectivity index (χ1) is 10.1. The third-order valence-electron chi connectivity index (χ3n) is 3.68. The molecule has 1 aliphatic carbocycles. The molecule has 110 valence electrons. The summed E-state index contributed by atoms with van der Waals surface area (Å²) in [6.07, 6.45) is 2.24. The number of fused-ring (bicyclic) bond motifs is 1. The number of nitrogens with one attached hydrogen (secondary N) is 1. The summed E-state index contributed by atoms with van der Waals surface area (Å²) in [5, 5.41) is 11.8. The number of imidazole rings is 1. The summed E-state index contributed by atoms with van der Waals surface area (Å²) in [5.41, 5.74) is 1.88. The maximum Gasteiger partial charge on any atom is 0.335 e. The van der Waals surface area contributed by atoms with Gasteiger partial charge in [0.1, 0.15) is 5.82 Å². The van der Waals surface area contributed by atoms with Crippen LogP contribution in [0.25, 0.3) is 11.0 Å². The Labute approximate surface area is 121 Å². The Kier molecular flexibility index (Phi) is 3.37. The van der Waals surface area contributed by atoms with Gasteiger partial charge >= 0.3 is 5.97 Å². The van der Waals surface area contributed by atoms with E-state index < -0.39 is 5.97 Å². The first kappa shape index (κ1) is 13.6. The van der Waals surface area contributed by atoms with Crippen LogP contribution in [0.1, 0.15) is 41.9 Å². The van der Waals surface area contributed by atoms with Crippen LogP contribution in [0.4, 0.5) is 0 Å². The molecule has 0 unspecified atom stereocenters. The molecular formula is C15H17N3O3. The summed E-state index contributed by atoms with van der Waals surface area (Å²) in [4.78, 5) is 26.6. The van der Waals surface area contributed by atoms with E-state index in [9.17, 15) is 9.59 Å². The van der Waals surface area contributed by atoms with Crippen molar-refractivity contribution in [2.45, 2.75) is 32.2 Å². The molecule has 1 fully saturated rings. The van der Waals surface area contributed by atoms with Gasteiger partial charge in [-0.2, -0.15) is 0 Å². The zero-order valence-electron chi connectivity index (χ0n) is 11.8. The van der Waals surface area contributed by atoms with Crippen LogP contribution in [0.5, 0.6) is 0 Å². The number of aromatic nitrogens is 2. The third-order valence-corrected chi connectivity index (χ3v) is 3.68. The fraction of sp³-hybridized carbons (Fsp3) is 0.400. The Hall–Kier alpha value is -2.37. The Balaban J connectivity index is 1.97. The number of carbonyl (C=O) groups excluding carboxylic acids is 1. The molecule has 0 atom stereocenters. The van der Waals surface area contributed by atoms with Gasteiger partial charge in [0, 0.05) is 25.9 Å². The molecule has 1 heterocycles. The van der Waals surface area contributed by atoms with E-state index in [0.717, 1.165) is 24.2 Å². The smallest absolute Gasteiger partial charge is 0.335 e. The van der Waals surface area contributed by atoms with Crippen LogP contribution in [-0.2, 0) is 11.3 Å². The van der Waals surface area contributed by atoms with E-state index in [1.54, 1.807) is 18.2 Å². The molecule has 6 heteroatoms. The molecule has 0 bridgehead atoms. The van der Waals surface area contributed by atoms with E-state index in [2.05, 4.69) is 14.9 Å². The van der Waals surface area contributed by atoms with Crippen molar-refractivity contribution in [3.05, 3.63) is 29.6 Å². The Morgan fingerprint density at radius 2 is 2.19 bits per heavy atom. The normalized spacial score (nSPS) is 14.3. The van der Waals surface area contributed by atoms with Crippen molar-refractivity contribution in [3.8, 4) is 0 Å². The summed E-state index contributed by atoms with van der Waals surface area (Å²) < 4.78 is 2.09. The molecule has 3 rings (SSSR count). The van der Waals surface area contributed by atoms with Crippen LogP contribution >= 0.6 is 0 Å². The maximum absolute atomic E-state index is 11.0. The van der Waals surface area contributed by atoms with E-state index in [4.69, 9.17) is 5.11 Å². The van der Waals surface area contributed by atoms with Crippen LogP contribution < -0.4 is 5.32 Å². The summed E-state index contributed by atoms with van der Waals surface area (Å²) in [7, 11) is 0. The number of carboxylic acid groups (broad SMARTS) is 1. The van der Waals surface area contributed by atoms with Gasteiger partial charge in [-0.15, -0.1) is 0 Å². The van der Waals surface area contributed by atoms with Gasteiger partial charge in [0.25, 0.3) is 0 Å². The minimum atomic E-state index is -0.947. The average Bonchev–Trinajstić information content (AvgIpc) is 3.21. The predicted molar refractivity (Wildman–Crippen MR) is 77.4 cm³/mol. The lowest BCUT2D eigenvalue weighted by atomic mass is 10.2. The fourth-order valence-corrected chi connectivity index (χ4v) is 2.51. The van der Waals surface area contributed by atoms with Crippen molar-refractivity contribution in [3.63, 3.8) is 0 Å². The second kappa shape index (κ2) is 5.20. The van der Waals surface area contributed by atoms with Crippen LogP contribution in [0.15, 0.2) is 18.2 Å². The lowest BCUT2D eigenvalue weighted by Gasteiger charge is -2.09. The number of rotatable bonds is 5. The zero-order valence-corrected chi connectivity index (χ0v) is 11.8. The van der Waals surface area contributed by atoms with Crippen molar-refractivity contribution in [2.24, 2.45) is 0 Å². The molecule has 1 saturated carbocycles. The summed E-state index contributed by atoms with van der Waals surface area (Å²) in [6.45, 7) is 2.68. The van der Waals surface area contributed by atoms with Gasteiger partial charge < -0.3 is 15.0 Å². The first-order valence-corrected chi connectivity index (χ1v) is 7.04. The predicted octanol–water partition coefficient (Wildman–Crippen LogP) is 1.75. The molecule has 1 aliphatic rings. The number of nitrogens with zero attached hydrogens (tertiary/aromatic N) is 2. The number of carboxylic acids is 1. The Bertz CT molecular complexity index is 716. The van der Waals surface area contributed by atoms with Gasteiger partial charge in [0.05, 0.1) is 16.6 Å². The largest absolute Gasteiger partial charge is 0.478 e. The molecule has 1 amide bonds. The first-order valence-electron chi connectivity index (χ1n) is 7.04. The molecular weight excluding hydrogens is 270 g/mol. The monoisotopic (exact) mass is 287 g/mol. The number of hydrogen-bond donors (Lipinski definition) is 2. The van der Waals surface area contributed by atoms with Gasteiger partial charge in [0.2, 0.25) is 5.91 Å². The molecule has 1 aromatic heterocycles. The molecule has 0 spiro atoms. The Morgan fingerprint density at radius 1 is 1.43 bits per heavy atom. The van der Waals surface area contributed by atoms with Gasteiger partial charge in [-0.05, 0) is 31.0 Å². The molecule has 2 N–H and O–H groups in total. The second-order valence-electron chi connectivity index (χ2n) is 5.39. The van der Waals surface area contributed by atoms with Crippen molar-refractivity contribution in [1.29, 1.82) is 0 Å². The summed E-state index contributed by atoms with van der Waals surface area (Å²) >= 11 is 0. The molecule has 21 heavy (non-hydrogen) atoms. The van der Waals surface area contributed by atoms with E-state index >= 15 is 0 Å². The Morgan fingerprint density at radius 3 is 2.81 bits per heavy atom. The second-order valence-corrected chi connectivity index (χ2v) is 5.39. The number of benzene rings is 1. The number of aromatic carboxylic acids is 1. The van der Waals surface area contributed by atoms with Crippen molar-refractivity contribution >= 4 is 22.9 Å². The van der Waals surface area contributed by atoms with Gasteiger partial charge in [-0.3, -0.25) is 4.79 Å². The van der Waals surface area contributed by atoms with Crippen molar-refractivity contribution in [1.82, 2.24) is 14.9 Å². The molecule has 1 aromatic carbocycles. The highest BCUT2D eigenvalue weighted by molar-refractivity contribution is 5.92. The lowest BCUT2D eigenvalue weighted by molar-refractivity contribution is -0.118. The van der Waals surface area contributed by atoms with Crippen molar-refractivity contribution in [2.75, 3.05) is 6.54 Å².